The first-order valence-electron chi connectivity index (χ1n) is 3.10. The lowest BCUT2D eigenvalue weighted by Crippen LogP contribution is -1.86. The summed E-state index contributed by atoms with van der Waals surface area (Å²) < 4.78 is 4.92. The van der Waals surface area contributed by atoms with Crippen molar-refractivity contribution in [2.75, 3.05) is 5.73 Å². The molecular formula is C8H5ClNO. The van der Waals surface area contributed by atoms with Crippen LogP contribution in [-0.2, 0) is 0 Å². The average molecular weight is 167 g/mol. The summed E-state index contributed by atoms with van der Waals surface area (Å²) in [5, 5.41) is 0.563. The van der Waals surface area contributed by atoms with Gasteiger partial charge in [0.2, 0.25) is 0 Å². The lowest BCUT2D eigenvalue weighted by atomic mass is 10.2. The van der Waals surface area contributed by atoms with Gasteiger partial charge in [-0.05, 0) is 6.07 Å². The summed E-state index contributed by atoms with van der Waals surface area (Å²) in [5.41, 5.74) is 7.89. The molecule has 1 radical (unpaired) electrons. The zero-order valence-electron chi connectivity index (χ0n) is 5.60. The number of hydrogen-bond donors (Lipinski definition) is 1. The van der Waals surface area contributed by atoms with Gasteiger partial charge in [0.15, 0.2) is 0 Å². The van der Waals surface area contributed by atoms with E-state index in [9.17, 15) is 0 Å². The molecule has 0 saturated carbocycles. The summed E-state index contributed by atoms with van der Waals surface area (Å²) in [6.45, 7) is 0. The fourth-order valence-electron chi connectivity index (χ4n) is 1.01. The fraction of sp³-hybridized carbons (Fsp3) is 0. The maximum absolute atomic E-state index is 5.70. The quantitative estimate of drug-likeness (QED) is 0.653. The van der Waals surface area contributed by atoms with Crippen LogP contribution in [0.2, 0.25) is 5.02 Å². The third kappa shape index (κ3) is 0.955. The minimum atomic E-state index is 0.563. The van der Waals surface area contributed by atoms with Crippen LogP contribution in [0.25, 0.3) is 11.1 Å². The van der Waals surface area contributed by atoms with Crippen LogP contribution in [0.4, 0.5) is 5.69 Å². The third-order valence-electron chi connectivity index (χ3n) is 1.51. The highest BCUT2D eigenvalue weighted by Gasteiger charge is 2.09. The Morgan fingerprint density at radius 3 is 3.00 bits per heavy atom. The standard InChI is InChI=1S/C8H5ClNO/c9-6-1-5-3-11-4-8(10)7(5)2-6/h2-4H,10H2. The first-order chi connectivity index (χ1) is 5.27. The van der Waals surface area contributed by atoms with Gasteiger partial charge in [0.1, 0.15) is 6.26 Å². The SMILES string of the molecule is Nc1cocc2[c]c(Cl)cc1-2. The Balaban J connectivity index is 2.78. The minimum absolute atomic E-state index is 0.563. The minimum Gasteiger partial charge on any atom is -0.470 e. The number of fused-ring (bicyclic) bond motifs is 1. The maximum Gasteiger partial charge on any atom is 0.114 e. The van der Waals surface area contributed by atoms with Crippen LogP contribution in [0, 0.1) is 6.07 Å². The number of nitrogens with two attached hydrogens (primary N) is 1. The van der Waals surface area contributed by atoms with E-state index in [1.54, 1.807) is 12.3 Å². The van der Waals surface area contributed by atoms with Gasteiger partial charge in [0, 0.05) is 22.2 Å². The van der Waals surface area contributed by atoms with Crippen LogP contribution in [0.5, 0.6) is 0 Å². The predicted molar refractivity (Wildman–Crippen MR) is 43.6 cm³/mol. The van der Waals surface area contributed by atoms with E-state index in [2.05, 4.69) is 6.07 Å². The number of anilines is 1. The molecule has 0 fully saturated rings. The highest BCUT2D eigenvalue weighted by molar-refractivity contribution is 6.31. The van der Waals surface area contributed by atoms with E-state index >= 15 is 0 Å². The van der Waals surface area contributed by atoms with Crippen LogP contribution in [0.15, 0.2) is 23.0 Å². The second-order valence-electron chi connectivity index (χ2n) is 2.27. The number of nitrogen functional groups attached to an aromatic ring is 1. The molecule has 0 aromatic carbocycles. The number of halogens is 1. The maximum atomic E-state index is 5.70. The van der Waals surface area contributed by atoms with Gasteiger partial charge in [-0.2, -0.15) is 0 Å². The molecule has 1 heterocycles. The Hall–Kier alpha value is -1.15. The molecule has 11 heavy (non-hydrogen) atoms. The Kier molecular flexibility index (Phi) is 1.29. The van der Waals surface area contributed by atoms with Crippen molar-refractivity contribution in [3.63, 3.8) is 0 Å². The summed E-state index contributed by atoms with van der Waals surface area (Å²) in [4.78, 5) is 0. The van der Waals surface area contributed by atoms with Gasteiger partial charge in [-0.1, -0.05) is 11.6 Å². The van der Waals surface area contributed by atoms with Crippen molar-refractivity contribution in [1.82, 2.24) is 0 Å². The van der Waals surface area contributed by atoms with Gasteiger partial charge >= 0.3 is 0 Å². The molecular weight excluding hydrogens is 162 g/mol. The van der Waals surface area contributed by atoms with Gasteiger partial charge in [-0.3, -0.25) is 0 Å². The second kappa shape index (κ2) is 2.17. The molecule has 0 spiro atoms. The molecule has 0 aromatic rings. The van der Waals surface area contributed by atoms with Crippen LogP contribution in [-0.4, -0.2) is 0 Å². The highest BCUT2D eigenvalue weighted by atomic mass is 35.5. The molecule has 3 heteroatoms. The Labute approximate surface area is 68.9 Å². The lowest BCUT2D eigenvalue weighted by molar-refractivity contribution is 0.554. The molecule has 55 valence electrons. The topological polar surface area (TPSA) is 39.2 Å². The zero-order chi connectivity index (χ0) is 7.84. The van der Waals surface area contributed by atoms with Crippen LogP contribution in [0.1, 0.15) is 0 Å². The van der Waals surface area contributed by atoms with E-state index in [0.717, 1.165) is 11.1 Å². The molecule has 0 unspecified atom stereocenters. The Bertz CT molecular complexity index is 355. The van der Waals surface area contributed by atoms with Crippen LogP contribution < -0.4 is 5.73 Å². The summed E-state index contributed by atoms with van der Waals surface area (Å²) in [6, 6.07) is 4.66. The molecule has 1 aliphatic heterocycles. The molecule has 2 aliphatic rings. The lowest BCUT2D eigenvalue weighted by Gasteiger charge is -1.98. The molecule has 2 nitrogen and oxygen atoms in total. The van der Waals surface area contributed by atoms with E-state index < -0.39 is 0 Å². The van der Waals surface area contributed by atoms with E-state index in [1.165, 1.54) is 6.26 Å². The molecule has 1 aliphatic carbocycles. The van der Waals surface area contributed by atoms with Crippen molar-refractivity contribution in [2.24, 2.45) is 0 Å². The smallest absolute Gasteiger partial charge is 0.114 e. The average Bonchev–Trinajstić information content (AvgIpc) is 2.31. The predicted octanol–water partition coefficient (Wildman–Crippen LogP) is 2.42. The largest absolute Gasteiger partial charge is 0.470 e. The van der Waals surface area contributed by atoms with Crippen molar-refractivity contribution in [3.8, 4) is 11.1 Å². The Morgan fingerprint density at radius 1 is 1.45 bits per heavy atom. The van der Waals surface area contributed by atoms with Gasteiger partial charge in [-0.25, -0.2) is 0 Å². The van der Waals surface area contributed by atoms with Gasteiger partial charge in [0.05, 0.1) is 12.0 Å². The zero-order valence-corrected chi connectivity index (χ0v) is 6.35. The fourth-order valence-corrected chi connectivity index (χ4v) is 1.22. The summed E-state index contributed by atoms with van der Waals surface area (Å²) >= 11 is 5.70. The molecule has 2 N–H and O–H groups in total. The van der Waals surface area contributed by atoms with Gasteiger partial charge in [0.25, 0.3) is 0 Å². The molecule has 0 aromatic heterocycles. The van der Waals surface area contributed by atoms with Crippen molar-refractivity contribution >= 4 is 17.3 Å². The van der Waals surface area contributed by atoms with Crippen molar-refractivity contribution in [1.29, 1.82) is 0 Å². The van der Waals surface area contributed by atoms with Crippen molar-refractivity contribution < 1.29 is 4.42 Å². The van der Waals surface area contributed by atoms with Crippen LogP contribution in [0.3, 0.4) is 0 Å². The second-order valence-corrected chi connectivity index (χ2v) is 2.68. The normalized spacial score (nSPS) is 10.6. The van der Waals surface area contributed by atoms with Crippen molar-refractivity contribution in [2.45, 2.75) is 0 Å². The molecule has 0 amide bonds. The van der Waals surface area contributed by atoms with Gasteiger partial charge in [-0.15, -0.1) is 0 Å². The van der Waals surface area contributed by atoms with E-state index in [-0.39, 0.29) is 0 Å². The van der Waals surface area contributed by atoms with Crippen LogP contribution >= 0.6 is 11.6 Å². The number of rotatable bonds is 0. The third-order valence-corrected chi connectivity index (χ3v) is 1.71. The van der Waals surface area contributed by atoms with E-state index in [0.29, 0.717) is 10.7 Å². The van der Waals surface area contributed by atoms with E-state index in [4.69, 9.17) is 21.8 Å². The summed E-state index contributed by atoms with van der Waals surface area (Å²) in [7, 11) is 0. The first-order valence-corrected chi connectivity index (χ1v) is 3.48. The van der Waals surface area contributed by atoms with Crippen molar-refractivity contribution in [3.05, 3.63) is 29.7 Å². The summed E-state index contributed by atoms with van der Waals surface area (Å²) in [6.07, 6.45) is 3.05. The molecule has 0 atom stereocenters. The highest BCUT2D eigenvalue weighted by Crippen LogP contribution is 2.32. The number of hydrogen-bond acceptors (Lipinski definition) is 2. The molecule has 2 rings (SSSR count). The monoisotopic (exact) mass is 166 g/mol. The molecule has 0 bridgehead atoms. The Morgan fingerprint density at radius 2 is 2.27 bits per heavy atom. The van der Waals surface area contributed by atoms with Gasteiger partial charge < -0.3 is 10.2 Å². The first kappa shape index (κ1) is 6.55. The van der Waals surface area contributed by atoms with E-state index in [1.807, 2.05) is 0 Å². The molecule has 0 saturated heterocycles. The summed E-state index contributed by atoms with van der Waals surface area (Å²) in [5.74, 6) is 0.